The predicted octanol–water partition coefficient (Wildman–Crippen LogP) is 1.90. The van der Waals surface area contributed by atoms with E-state index >= 15 is 0 Å². The third-order valence-electron chi connectivity index (χ3n) is 2.43. The van der Waals surface area contributed by atoms with E-state index in [1.54, 1.807) is 12.1 Å². The van der Waals surface area contributed by atoms with Gasteiger partial charge in [-0.2, -0.15) is 13.4 Å². The van der Waals surface area contributed by atoms with Gasteiger partial charge in [-0.05, 0) is 17.2 Å². The minimum Gasteiger partial charge on any atom is -0.282 e. The molecule has 110 valence electrons. The molecular formula is C12H11N3O3S3. The average molecular weight is 341 g/mol. The van der Waals surface area contributed by atoms with E-state index in [0.29, 0.717) is 28.1 Å². The first-order valence-electron chi connectivity index (χ1n) is 5.69. The first-order chi connectivity index (χ1) is 9.82. The zero-order chi connectivity index (χ0) is 15.5. The van der Waals surface area contributed by atoms with Crippen molar-refractivity contribution in [2.45, 2.75) is 16.7 Å². The van der Waals surface area contributed by atoms with Crippen LogP contribution in [0, 0.1) is 0 Å². The van der Waals surface area contributed by atoms with Crippen LogP contribution in [0.5, 0.6) is 0 Å². The van der Waals surface area contributed by atoms with Gasteiger partial charge in [-0.15, -0.1) is 25.3 Å². The molecule has 0 fully saturated rings. The molecule has 1 N–H and O–H groups in total. The van der Waals surface area contributed by atoms with Gasteiger partial charge in [0.1, 0.15) is 5.82 Å². The van der Waals surface area contributed by atoms with E-state index in [4.69, 9.17) is 4.55 Å². The normalized spacial score (nSPS) is 12.0. The number of hydrogen-bond acceptors (Lipinski definition) is 7. The van der Waals surface area contributed by atoms with E-state index in [1.165, 1.54) is 6.08 Å². The second-order valence-corrected chi connectivity index (χ2v) is 6.19. The van der Waals surface area contributed by atoms with Crippen LogP contribution in [0.2, 0.25) is 0 Å². The molecule has 0 saturated heterocycles. The van der Waals surface area contributed by atoms with Gasteiger partial charge in [-0.1, -0.05) is 24.3 Å². The maximum absolute atomic E-state index is 10.6. The smallest absolute Gasteiger partial charge is 0.282 e. The molecule has 0 atom stereocenters. The molecule has 0 aliphatic rings. The van der Waals surface area contributed by atoms with Crippen LogP contribution >= 0.6 is 25.3 Å². The van der Waals surface area contributed by atoms with E-state index in [2.05, 4.69) is 40.2 Å². The van der Waals surface area contributed by atoms with Crippen LogP contribution in [0.3, 0.4) is 0 Å². The van der Waals surface area contributed by atoms with Crippen molar-refractivity contribution in [1.29, 1.82) is 0 Å². The van der Waals surface area contributed by atoms with Crippen molar-refractivity contribution in [1.82, 2.24) is 15.0 Å². The van der Waals surface area contributed by atoms with Gasteiger partial charge in [0.2, 0.25) is 0 Å². The minimum atomic E-state index is -4.11. The molecule has 0 saturated carbocycles. The van der Waals surface area contributed by atoms with Crippen molar-refractivity contribution in [3.8, 4) is 0 Å². The van der Waals surface area contributed by atoms with Gasteiger partial charge >= 0.3 is 0 Å². The summed E-state index contributed by atoms with van der Waals surface area (Å²) in [5.41, 5.74) is 1.59. The third-order valence-corrected chi connectivity index (χ3v) is 3.31. The van der Waals surface area contributed by atoms with Crippen LogP contribution in [0.15, 0.2) is 40.0 Å². The highest BCUT2D eigenvalue weighted by Gasteiger charge is 2.03. The van der Waals surface area contributed by atoms with E-state index in [9.17, 15) is 8.42 Å². The van der Waals surface area contributed by atoms with Gasteiger partial charge in [-0.25, -0.2) is 9.97 Å². The number of benzene rings is 1. The van der Waals surface area contributed by atoms with E-state index in [1.807, 2.05) is 12.1 Å². The fourth-order valence-corrected chi connectivity index (χ4v) is 2.40. The van der Waals surface area contributed by atoms with Crippen LogP contribution in [-0.2, 0) is 16.5 Å². The Labute approximate surface area is 132 Å². The number of nitrogens with zero attached hydrogens (tertiary/aromatic N) is 3. The van der Waals surface area contributed by atoms with Crippen LogP contribution in [0.25, 0.3) is 6.08 Å². The molecule has 0 bridgehead atoms. The second-order valence-electron chi connectivity index (χ2n) is 4.09. The zero-order valence-corrected chi connectivity index (χ0v) is 13.2. The van der Waals surface area contributed by atoms with Crippen molar-refractivity contribution in [3.63, 3.8) is 0 Å². The predicted molar refractivity (Wildman–Crippen MR) is 84.2 cm³/mol. The molecule has 21 heavy (non-hydrogen) atoms. The minimum absolute atomic E-state index is 0.303. The molecule has 0 spiro atoms. The molecule has 6 nitrogen and oxygen atoms in total. The fourth-order valence-electron chi connectivity index (χ4n) is 1.57. The van der Waals surface area contributed by atoms with Crippen LogP contribution in [0.1, 0.15) is 17.0 Å². The summed E-state index contributed by atoms with van der Waals surface area (Å²) in [6.45, 7) is 0. The first-order valence-corrected chi connectivity index (χ1v) is 8.09. The Morgan fingerprint density at radius 2 is 1.62 bits per heavy atom. The van der Waals surface area contributed by atoms with Gasteiger partial charge in [0.15, 0.2) is 10.3 Å². The molecule has 0 radical (unpaired) electrons. The monoisotopic (exact) mass is 341 g/mol. The molecule has 2 aromatic rings. The zero-order valence-electron chi connectivity index (χ0n) is 10.6. The number of hydrogen-bond donors (Lipinski definition) is 3. The lowest BCUT2D eigenvalue weighted by Gasteiger charge is -2.02. The van der Waals surface area contributed by atoms with Gasteiger partial charge in [0.05, 0.1) is 5.41 Å². The van der Waals surface area contributed by atoms with Crippen LogP contribution in [0.4, 0.5) is 0 Å². The maximum Gasteiger partial charge on any atom is 0.287 e. The van der Waals surface area contributed by atoms with Gasteiger partial charge in [-0.3, -0.25) is 4.55 Å². The summed E-state index contributed by atoms with van der Waals surface area (Å²) in [6.07, 6.45) is 1.78. The quantitative estimate of drug-likeness (QED) is 0.581. The molecule has 0 aliphatic carbocycles. The SMILES string of the molecule is O=S(=O)(O)C=Cc1ccc(Cc2nc(S)nc(S)n2)cc1. The molecule has 0 amide bonds. The summed E-state index contributed by atoms with van der Waals surface area (Å²) in [5, 5.41) is 1.34. The Morgan fingerprint density at radius 3 is 2.14 bits per heavy atom. The summed E-state index contributed by atoms with van der Waals surface area (Å²) in [4.78, 5) is 12.0. The Kier molecular flexibility index (Phi) is 4.99. The lowest BCUT2D eigenvalue weighted by Crippen LogP contribution is -2.00. The highest BCUT2D eigenvalue weighted by atomic mass is 32.2. The summed E-state index contributed by atoms with van der Waals surface area (Å²) in [6, 6.07) is 7.07. The number of rotatable bonds is 4. The molecule has 0 unspecified atom stereocenters. The Hall–Kier alpha value is -1.42. The van der Waals surface area contributed by atoms with Gasteiger partial charge < -0.3 is 0 Å². The standard InChI is InChI=1S/C12H11N3O3S3/c16-21(17,18)6-5-8-1-3-9(4-2-8)7-10-13-11(19)15-12(20)14-10/h1-6H,7H2,(H,16,17,18)(H2,13,14,15,19,20). The molecule has 9 heteroatoms. The van der Waals surface area contributed by atoms with E-state index in [0.717, 1.165) is 11.0 Å². The molecule has 1 aromatic carbocycles. The van der Waals surface area contributed by atoms with Gasteiger partial charge in [0.25, 0.3) is 10.1 Å². The van der Waals surface area contributed by atoms with Crippen molar-refractivity contribution in [2.24, 2.45) is 0 Å². The average Bonchev–Trinajstić information content (AvgIpc) is 2.36. The number of thiol groups is 2. The Morgan fingerprint density at radius 1 is 1.05 bits per heavy atom. The van der Waals surface area contributed by atoms with Crippen molar-refractivity contribution in [3.05, 3.63) is 46.6 Å². The molecule has 0 aliphatic heterocycles. The molecule has 2 rings (SSSR count). The lowest BCUT2D eigenvalue weighted by atomic mass is 10.1. The van der Waals surface area contributed by atoms with E-state index in [-0.39, 0.29) is 0 Å². The van der Waals surface area contributed by atoms with Crippen molar-refractivity contribution >= 4 is 41.5 Å². The Bertz CT molecular complexity index is 754. The Balaban J connectivity index is 2.14. The first kappa shape index (κ1) is 16.0. The highest BCUT2D eigenvalue weighted by Crippen LogP contribution is 2.12. The lowest BCUT2D eigenvalue weighted by molar-refractivity contribution is 0.494. The second kappa shape index (κ2) is 6.56. The summed E-state index contributed by atoms with van der Waals surface area (Å²) in [5.74, 6) is 0.543. The maximum atomic E-state index is 10.6. The molecule has 1 heterocycles. The van der Waals surface area contributed by atoms with Crippen molar-refractivity contribution in [2.75, 3.05) is 0 Å². The fraction of sp³-hybridized carbons (Fsp3) is 0.0833. The third kappa shape index (κ3) is 5.46. The van der Waals surface area contributed by atoms with E-state index < -0.39 is 10.1 Å². The van der Waals surface area contributed by atoms with Crippen LogP contribution < -0.4 is 0 Å². The molecule has 1 aromatic heterocycles. The summed E-state index contributed by atoms with van der Waals surface area (Å²) < 4.78 is 29.8. The highest BCUT2D eigenvalue weighted by molar-refractivity contribution is 7.88. The number of aromatic nitrogens is 3. The van der Waals surface area contributed by atoms with Crippen LogP contribution in [-0.4, -0.2) is 27.9 Å². The summed E-state index contributed by atoms with van der Waals surface area (Å²) >= 11 is 8.12. The van der Waals surface area contributed by atoms with Crippen molar-refractivity contribution < 1.29 is 13.0 Å². The molecular weight excluding hydrogens is 330 g/mol. The summed E-state index contributed by atoms with van der Waals surface area (Å²) in [7, 11) is -4.11. The topological polar surface area (TPSA) is 93.0 Å². The van der Waals surface area contributed by atoms with Gasteiger partial charge in [0, 0.05) is 6.42 Å². The largest absolute Gasteiger partial charge is 0.287 e.